The van der Waals surface area contributed by atoms with Gasteiger partial charge in [-0.1, -0.05) is 11.6 Å². The second-order valence-electron chi connectivity index (χ2n) is 3.71. The zero-order chi connectivity index (χ0) is 14.3. The summed E-state index contributed by atoms with van der Waals surface area (Å²) in [6.07, 6.45) is 0.345. The van der Waals surface area contributed by atoms with Crippen molar-refractivity contribution in [2.75, 3.05) is 13.2 Å². The first kappa shape index (κ1) is 15.2. The second kappa shape index (κ2) is 7.58. The highest BCUT2D eigenvalue weighted by atomic mass is 35.5. The van der Waals surface area contributed by atoms with Crippen LogP contribution in [0.25, 0.3) is 0 Å². The highest BCUT2D eigenvalue weighted by Gasteiger charge is 2.05. The second-order valence-corrected chi connectivity index (χ2v) is 4.12. The summed E-state index contributed by atoms with van der Waals surface area (Å²) in [5.74, 6) is -1.57. The van der Waals surface area contributed by atoms with Gasteiger partial charge >= 0.3 is 5.97 Å². The molecule has 0 bridgehead atoms. The average molecular weight is 290 g/mol. The van der Waals surface area contributed by atoms with Gasteiger partial charge in [0.15, 0.2) is 6.61 Å². The Morgan fingerprint density at radius 3 is 2.79 bits per heavy atom. The predicted octanol–water partition coefficient (Wildman–Crippen LogP) is 1.84. The number of carboxylic acid groups (broad SMARTS) is 1. The third-order valence-electron chi connectivity index (χ3n) is 2.15. The van der Waals surface area contributed by atoms with Crippen molar-refractivity contribution >= 4 is 23.5 Å². The molecule has 0 saturated heterocycles. The van der Waals surface area contributed by atoms with Crippen LogP contribution in [0.15, 0.2) is 18.2 Å². The summed E-state index contributed by atoms with van der Waals surface area (Å²) >= 11 is 5.55. The minimum absolute atomic E-state index is 0.00525. The van der Waals surface area contributed by atoms with Gasteiger partial charge in [0.25, 0.3) is 5.91 Å². The van der Waals surface area contributed by atoms with Crippen molar-refractivity contribution in [3.63, 3.8) is 0 Å². The number of carbonyl (C=O) groups excluding carboxylic acids is 1. The zero-order valence-corrected chi connectivity index (χ0v) is 10.7. The molecule has 0 heterocycles. The van der Waals surface area contributed by atoms with E-state index in [1.54, 1.807) is 0 Å². The number of rotatable bonds is 7. The number of amides is 1. The monoisotopic (exact) mass is 289 g/mol. The van der Waals surface area contributed by atoms with E-state index in [9.17, 15) is 14.0 Å². The summed E-state index contributed by atoms with van der Waals surface area (Å²) in [5, 5.41) is 10.8. The summed E-state index contributed by atoms with van der Waals surface area (Å²) < 4.78 is 18.0. The zero-order valence-electron chi connectivity index (χ0n) is 9.99. The molecule has 0 aromatic heterocycles. The highest BCUT2D eigenvalue weighted by molar-refractivity contribution is 6.30. The first-order valence-corrected chi connectivity index (χ1v) is 5.93. The summed E-state index contributed by atoms with van der Waals surface area (Å²) in [7, 11) is 0. The van der Waals surface area contributed by atoms with Crippen LogP contribution >= 0.6 is 11.6 Å². The Kier molecular flexibility index (Phi) is 6.08. The maximum absolute atomic E-state index is 12.9. The van der Waals surface area contributed by atoms with Crippen LogP contribution in [-0.2, 0) is 9.59 Å². The smallest absolute Gasteiger partial charge is 0.303 e. The molecule has 0 atom stereocenters. The molecule has 19 heavy (non-hydrogen) atoms. The van der Waals surface area contributed by atoms with Gasteiger partial charge in [0.2, 0.25) is 0 Å². The first-order chi connectivity index (χ1) is 8.99. The van der Waals surface area contributed by atoms with E-state index in [1.165, 1.54) is 12.1 Å². The molecular weight excluding hydrogens is 277 g/mol. The van der Waals surface area contributed by atoms with E-state index in [4.69, 9.17) is 21.4 Å². The van der Waals surface area contributed by atoms with Gasteiger partial charge < -0.3 is 15.2 Å². The van der Waals surface area contributed by atoms with Gasteiger partial charge in [-0.05, 0) is 18.6 Å². The van der Waals surface area contributed by atoms with Crippen molar-refractivity contribution in [1.82, 2.24) is 5.32 Å². The fourth-order valence-electron chi connectivity index (χ4n) is 1.23. The largest absolute Gasteiger partial charge is 0.484 e. The number of benzene rings is 1. The number of carboxylic acids is 1. The maximum Gasteiger partial charge on any atom is 0.303 e. The van der Waals surface area contributed by atoms with Crippen LogP contribution in [0.2, 0.25) is 5.02 Å². The molecule has 2 N–H and O–H groups in total. The molecule has 5 nitrogen and oxygen atoms in total. The van der Waals surface area contributed by atoms with Crippen molar-refractivity contribution in [3.8, 4) is 5.75 Å². The molecular formula is C12H13ClFNO4. The van der Waals surface area contributed by atoms with Gasteiger partial charge in [-0.25, -0.2) is 4.39 Å². The molecule has 1 amide bonds. The molecule has 1 aromatic carbocycles. The number of halogens is 2. The summed E-state index contributed by atoms with van der Waals surface area (Å²) in [5.41, 5.74) is 0. The van der Waals surface area contributed by atoms with Gasteiger partial charge in [-0.15, -0.1) is 0 Å². The lowest BCUT2D eigenvalue weighted by atomic mass is 10.3. The van der Waals surface area contributed by atoms with E-state index >= 15 is 0 Å². The summed E-state index contributed by atoms with van der Waals surface area (Å²) in [6.45, 7) is 0.0215. The lowest BCUT2D eigenvalue weighted by Gasteiger charge is -2.07. The molecule has 0 radical (unpaired) electrons. The SMILES string of the molecule is O=C(O)CCCNC(=O)COc1ccc(F)c(Cl)c1. The Labute approximate surface area is 114 Å². The molecule has 0 saturated carbocycles. The van der Waals surface area contributed by atoms with Crippen LogP contribution in [0.3, 0.4) is 0 Å². The van der Waals surface area contributed by atoms with Crippen molar-refractivity contribution in [2.45, 2.75) is 12.8 Å². The quantitative estimate of drug-likeness (QED) is 0.751. The lowest BCUT2D eigenvalue weighted by Crippen LogP contribution is -2.29. The van der Waals surface area contributed by atoms with Crippen LogP contribution in [-0.4, -0.2) is 30.1 Å². The lowest BCUT2D eigenvalue weighted by molar-refractivity contribution is -0.137. The van der Waals surface area contributed by atoms with Crippen molar-refractivity contribution in [3.05, 3.63) is 29.0 Å². The third kappa shape index (κ3) is 6.05. The average Bonchev–Trinajstić information content (AvgIpc) is 2.36. The van der Waals surface area contributed by atoms with Gasteiger partial charge in [0, 0.05) is 19.0 Å². The van der Waals surface area contributed by atoms with E-state index in [0.717, 1.165) is 6.07 Å². The van der Waals surface area contributed by atoms with E-state index in [1.807, 2.05) is 0 Å². The molecule has 1 rings (SSSR count). The van der Waals surface area contributed by atoms with Gasteiger partial charge in [-0.3, -0.25) is 9.59 Å². The fourth-order valence-corrected chi connectivity index (χ4v) is 1.40. The van der Waals surface area contributed by atoms with Gasteiger partial charge in [0.1, 0.15) is 11.6 Å². The number of hydrogen-bond donors (Lipinski definition) is 2. The maximum atomic E-state index is 12.9. The van der Waals surface area contributed by atoms with Crippen LogP contribution in [0.1, 0.15) is 12.8 Å². The normalized spacial score (nSPS) is 10.0. The highest BCUT2D eigenvalue weighted by Crippen LogP contribution is 2.20. The molecule has 7 heteroatoms. The Balaban J connectivity index is 2.26. The first-order valence-electron chi connectivity index (χ1n) is 5.55. The van der Waals surface area contributed by atoms with Crippen LogP contribution in [0.5, 0.6) is 5.75 Å². The van der Waals surface area contributed by atoms with Crippen LogP contribution in [0, 0.1) is 5.82 Å². The standard InChI is InChI=1S/C12H13ClFNO4/c13-9-6-8(3-4-10(9)14)19-7-11(16)15-5-1-2-12(17)18/h3-4,6H,1-2,5,7H2,(H,15,16)(H,17,18). The number of carbonyl (C=O) groups is 2. The number of aliphatic carboxylic acids is 1. The predicted molar refractivity (Wildman–Crippen MR) is 66.8 cm³/mol. The molecule has 104 valence electrons. The van der Waals surface area contributed by atoms with Crippen molar-refractivity contribution in [1.29, 1.82) is 0 Å². The molecule has 1 aromatic rings. The number of nitrogens with one attached hydrogen (secondary N) is 1. The molecule has 0 aliphatic carbocycles. The van der Waals surface area contributed by atoms with Crippen LogP contribution < -0.4 is 10.1 Å². The van der Waals surface area contributed by atoms with Crippen LogP contribution in [0.4, 0.5) is 4.39 Å². The Morgan fingerprint density at radius 1 is 1.42 bits per heavy atom. The number of hydrogen-bond acceptors (Lipinski definition) is 3. The van der Waals surface area contributed by atoms with Crippen molar-refractivity contribution < 1.29 is 23.8 Å². The van der Waals surface area contributed by atoms with Gasteiger partial charge in [-0.2, -0.15) is 0 Å². The molecule has 0 aliphatic heterocycles. The topological polar surface area (TPSA) is 75.6 Å². The van der Waals surface area contributed by atoms with Gasteiger partial charge in [0.05, 0.1) is 5.02 Å². The Morgan fingerprint density at radius 2 is 2.16 bits per heavy atom. The molecule has 0 unspecified atom stereocenters. The minimum Gasteiger partial charge on any atom is -0.484 e. The molecule has 0 aliphatic rings. The molecule has 0 fully saturated rings. The Hall–Kier alpha value is -1.82. The third-order valence-corrected chi connectivity index (χ3v) is 2.44. The Bertz CT molecular complexity index is 467. The minimum atomic E-state index is -0.911. The fraction of sp³-hybridized carbons (Fsp3) is 0.333. The number of ether oxygens (including phenoxy) is 1. The summed E-state index contributed by atoms with van der Waals surface area (Å²) in [6, 6.07) is 3.77. The van der Waals surface area contributed by atoms with Crippen molar-refractivity contribution in [2.24, 2.45) is 0 Å². The molecule has 0 spiro atoms. The van der Waals surface area contributed by atoms with E-state index in [2.05, 4.69) is 5.32 Å². The van der Waals surface area contributed by atoms with E-state index < -0.39 is 11.8 Å². The summed E-state index contributed by atoms with van der Waals surface area (Å²) in [4.78, 5) is 21.6. The van der Waals surface area contributed by atoms with E-state index in [-0.39, 0.29) is 36.3 Å². The van der Waals surface area contributed by atoms with E-state index in [0.29, 0.717) is 6.42 Å².